The van der Waals surface area contributed by atoms with Crippen molar-refractivity contribution in [2.24, 2.45) is 0 Å². The van der Waals surface area contributed by atoms with Gasteiger partial charge in [0.2, 0.25) is 11.7 Å². The van der Waals surface area contributed by atoms with Crippen molar-refractivity contribution < 1.29 is 19.0 Å². The zero-order valence-corrected chi connectivity index (χ0v) is 19.0. The number of anilines is 2. The van der Waals surface area contributed by atoms with Crippen LogP contribution in [-0.2, 0) is 6.54 Å². The van der Waals surface area contributed by atoms with Crippen LogP contribution in [0.5, 0.6) is 17.2 Å². The fourth-order valence-electron chi connectivity index (χ4n) is 3.28. The van der Waals surface area contributed by atoms with Crippen LogP contribution >= 0.6 is 0 Å². The van der Waals surface area contributed by atoms with Crippen molar-refractivity contribution in [3.63, 3.8) is 0 Å². The van der Waals surface area contributed by atoms with Crippen LogP contribution in [0.2, 0.25) is 0 Å². The Morgan fingerprint density at radius 3 is 2.41 bits per heavy atom. The minimum Gasteiger partial charge on any atom is -0.493 e. The molecule has 170 valence electrons. The average molecular weight is 441 g/mol. The normalized spacial score (nSPS) is 10.6. The van der Waals surface area contributed by atoms with E-state index in [-0.39, 0.29) is 17.2 Å². The maximum Gasteiger partial charge on any atom is 0.321 e. The number of rotatable bonds is 7. The number of benzene rings is 2. The summed E-state index contributed by atoms with van der Waals surface area (Å²) < 4.78 is 16.2. The van der Waals surface area contributed by atoms with E-state index in [1.807, 2.05) is 31.3 Å². The van der Waals surface area contributed by atoms with Crippen molar-refractivity contribution in [2.75, 3.05) is 52.7 Å². The van der Waals surface area contributed by atoms with Crippen molar-refractivity contribution in [1.29, 1.82) is 0 Å². The van der Waals surface area contributed by atoms with Gasteiger partial charge < -0.3 is 34.3 Å². The van der Waals surface area contributed by atoms with Crippen LogP contribution in [0.15, 0.2) is 35.1 Å². The second-order valence-electron chi connectivity index (χ2n) is 7.31. The second-order valence-corrected chi connectivity index (χ2v) is 7.31. The van der Waals surface area contributed by atoms with Gasteiger partial charge in [0.05, 0.1) is 26.8 Å². The molecule has 3 rings (SSSR count). The van der Waals surface area contributed by atoms with Gasteiger partial charge in [-0.15, -0.1) is 0 Å². The number of nitrogens with one attached hydrogen (secondary N) is 2. The highest BCUT2D eigenvalue weighted by Gasteiger charge is 2.20. The summed E-state index contributed by atoms with van der Waals surface area (Å²) in [6.45, 7) is 0.449. The summed E-state index contributed by atoms with van der Waals surface area (Å²) >= 11 is 0. The number of aromatic amines is 1. The van der Waals surface area contributed by atoms with E-state index in [9.17, 15) is 9.59 Å². The Hall–Kier alpha value is -3.95. The standard InChI is InChI=1S/C22H27N5O5/c1-26(2)22(29)23-14-9-7-8-13(10-14)12-27(3)21-24-15-11-16(30-4)18(31-5)19(32-6)17(15)20(28)25-21/h7-11H,12H2,1-6H3,(H,23,29)(H,24,25,28). The quantitative estimate of drug-likeness (QED) is 0.580. The fraction of sp³-hybridized carbons (Fsp3) is 0.318. The summed E-state index contributed by atoms with van der Waals surface area (Å²) in [5, 5.41) is 3.09. The Kier molecular flexibility index (Phi) is 6.72. The molecule has 0 radical (unpaired) electrons. The van der Waals surface area contributed by atoms with E-state index in [4.69, 9.17) is 14.2 Å². The molecule has 0 saturated heterocycles. The zero-order chi connectivity index (χ0) is 23.4. The molecule has 0 aliphatic rings. The molecule has 0 fully saturated rings. The monoisotopic (exact) mass is 441 g/mol. The minimum atomic E-state index is -0.453. The van der Waals surface area contributed by atoms with E-state index < -0.39 is 5.56 Å². The lowest BCUT2D eigenvalue weighted by molar-refractivity contribution is 0.230. The first-order valence-electron chi connectivity index (χ1n) is 9.80. The van der Waals surface area contributed by atoms with Crippen LogP contribution in [0, 0.1) is 0 Å². The van der Waals surface area contributed by atoms with Crippen molar-refractivity contribution >= 4 is 28.6 Å². The SMILES string of the molecule is COc1cc2[nH]c(N(C)Cc3cccc(NC(=O)N(C)C)c3)nc(=O)c2c(OC)c1OC. The summed E-state index contributed by atoms with van der Waals surface area (Å²) in [5.74, 6) is 1.39. The maximum absolute atomic E-state index is 12.9. The molecule has 2 aromatic carbocycles. The van der Waals surface area contributed by atoms with Crippen LogP contribution in [0.4, 0.5) is 16.4 Å². The molecule has 0 aliphatic heterocycles. The number of ether oxygens (including phenoxy) is 3. The number of amides is 2. The molecule has 10 nitrogen and oxygen atoms in total. The van der Waals surface area contributed by atoms with Gasteiger partial charge in [-0.3, -0.25) is 4.79 Å². The Morgan fingerprint density at radius 1 is 1.06 bits per heavy atom. The van der Waals surface area contributed by atoms with Gasteiger partial charge in [0.1, 0.15) is 5.39 Å². The number of hydrogen-bond donors (Lipinski definition) is 2. The molecule has 32 heavy (non-hydrogen) atoms. The predicted molar refractivity (Wildman–Crippen MR) is 123 cm³/mol. The molecule has 3 aromatic rings. The number of urea groups is 1. The molecular formula is C22H27N5O5. The number of aromatic nitrogens is 2. The minimum absolute atomic E-state index is 0.214. The largest absolute Gasteiger partial charge is 0.493 e. The summed E-state index contributed by atoms with van der Waals surface area (Å²) in [4.78, 5) is 35.4. The summed E-state index contributed by atoms with van der Waals surface area (Å²) in [6, 6.07) is 8.93. The van der Waals surface area contributed by atoms with Crippen LogP contribution in [0.25, 0.3) is 10.9 Å². The van der Waals surface area contributed by atoms with Gasteiger partial charge in [-0.2, -0.15) is 4.98 Å². The molecule has 0 saturated carbocycles. The van der Waals surface area contributed by atoms with Gasteiger partial charge in [0.15, 0.2) is 11.5 Å². The van der Waals surface area contributed by atoms with E-state index in [0.29, 0.717) is 35.2 Å². The number of H-pyrrole nitrogens is 1. The first-order chi connectivity index (χ1) is 15.3. The summed E-state index contributed by atoms with van der Waals surface area (Å²) in [6.07, 6.45) is 0. The molecule has 0 atom stereocenters. The highest BCUT2D eigenvalue weighted by molar-refractivity contribution is 5.90. The lowest BCUT2D eigenvalue weighted by atomic mass is 10.2. The van der Waals surface area contributed by atoms with Gasteiger partial charge >= 0.3 is 6.03 Å². The number of fused-ring (bicyclic) bond motifs is 1. The summed E-state index contributed by atoms with van der Waals surface area (Å²) in [5.41, 5.74) is 1.66. The predicted octanol–water partition coefficient (Wildman–Crippen LogP) is 2.68. The van der Waals surface area contributed by atoms with E-state index in [0.717, 1.165) is 5.56 Å². The third kappa shape index (κ3) is 4.53. The Balaban J connectivity index is 1.95. The van der Waals surface area contributed by atoms with Crippen molar-refractivity contribution in [1.82, 2.24) is 14.9 Å². The van der Waals surface area contributed by atoms with E-state index >= 15 is 0 Å². The highest BCUT2D eigenvalue weighted by Crippen LogP contribution is 2.41. The fourth-order valence-corrected chi connectivity index (χ4v) is 3.28. The molecule has 1 heterocycles. The van der Waals surface area contributed by atoms with Crippen molar-refractivity contribution in [3.05, 3.63) is 46.2 Å². The maximum atomic E-state index is 12.9. The lowest BCUT2D eigenvalue weighted by Gasteiger charge is -2.20. The Labute approximate surface area is 185 Å². The summed E-state index contributed by atoms with van der Waals surface area (Å²) in [7, 11) is 9.61. The molecule has 0 spiro atoms. The highest BCUT2D eigenvalue weighted by atomic mass is 16.5. The smallest absolute Gasteiger partial charge is 0.321 e. The number of carbonyl (C=O) groups excluding carboxylic acids is 1. The number of hydrogen-bond acceptors (Lipinski definition) is 7. The van der Waals surface area contributed by atoms with Gasteiger partial charge in [0.25, 0.3) is 5.56 Å². The zero-order valence-electron chi connectivity index (χ0n) is 19.0. The van der Waals surface area contributed by atoms with Crippen LogP contribution in [-0.4, -0.2) is 63.4 Å². The van der Waals surface area contributed by atoms with Gasteiger partial charge in [0, 0.05) is 39.4 Å². The number of nitrogens with zero attached hydrogens (tertiary/aromatic N) is 3. The third-order valence-electron chi connectivity index (χ3n) is 4.86. The van der Waals surface area contributed by atoms with Gasteiger partial charge in [-0.1, -0.05) is 12.1 Å². The molecule has 2 amide bonds. The first-order valence-corrected chi connectivity index (χ1v) is 9.80. The Morgan fingerprint density at radius 2 is 1.78 bits per heavy atom. The van der Waals surface area contributed by atoms with Crippen LogP contribution in [0.3, 0.4) is 0 Å². The number of methoxy groups -OCH3 is 3. The Bertz CT molecular complexity index is 1190. The van der Waals surface area contributed by atoms with Crippen LogP contribution < -0.4 is 30.0 Å². The van der Waals surface area contributed by atoms with Crippen LogP contribution in [0.1, 0.15) is 5.56 Å². The van der Waals surface area contributed by atoms with Crippen molar-refractivity contribution in [3.8, 4) is 17.2 Å². The van der Waals surface area contributed by atoms with Gasteiger partial charge in [-0.05, 0) is 17.7 Å². The molecule has 10 heteroatoms. The van der Waals surface area contributed by atoms with E-state index in [1.165, 1.54) is 26.2 Å². The van der Waals surface area contributed by atoms with Crippen molar-refractivity contribution in [2.45, 2.75) is 6.54 Å². The van der Waals surface area contributed by atoms with E-state index in [2.05, 4.69) is 15.3 Å². The molecule has 0 unspecified atom stereocenters. The third-order valence-corrected chi connectivity index (χ3v) is 4.86. The molecule has 0 aliphatic carbocycles. The second kappa shape index (κ2) is 9.46. The topological polar surface area (TPSA) is 109 Å². The van der Waals surface area contributed by atoms with Gasteiger partial charge in [-0.25, -0.2) is 4.79 Å². The molecule has 0 bridgehead atoms. The molecule has 2 N–H and O–H groups in total. The average Bonchev–Trinajstić information content (AvgIpc) is 2.77. The molecule has 1 aromatic heterocycles. The molecular weight excluding hydrogens is 414 g/mol. The number of carbonyl (C=O) groups is 1. The lowest BCUT2D eigenvalue weighted by Crippen LogP contribution is -2.27. The van der Waals surface area contributed by atoms with E-state index in [1.54, 1.807) is 25.1 Å². The first kappa shape index (κ1) is 22.7.